The van der Waals surface area contributed by atoms with E-state index in [4.69, 9.17) is 23.2 Å². The van der Waals surface area contributed by atoms with Gasteiger partial charge < -0.3 is 10.2 Å². The molecule has 0 aromatic heterocycles. The van der Waals surface area contributed by atoms with Crippen molar-refractivity contribution in [3.8, 4) is 11.5 Å². The third-order valence-corrected chi connectivity index (χ3v) is 9.35. The number of halogens is 2. The first-order valence-corrected chi connectivity index (χ1v) is 13.8. The fourth-order valence-corrected chi connectivity index (χ4v) is 8.28. The van der Waals surface area contributed by atoms with Crippen molar-refractivity contribution < 1.29 is 10.2 Å². The topological polar surface area (TPSA) is 52.8 Å². The monoisotopic (exact) mass is 503 g/mol. The van der Waals surface area contributed by atoms with Crippen LogP contribution in [0.25, 0.3) is 0 Å². The van der Waals surface area contributed by atoms with E-state index in [1.807, 2.05) is 0 Å². The molecule has 0 aliphatic heterocycles. The molecule has 33 heavy (non-hydrogen) atoms. The minimum atomic E-state index is -0.000594. The van der Waals surface area contributed by atoms with Crippen molar-refractivity contribution in [3.63, 3.8) is 0 Å². The van der Waals surface area contributed by atoms with Crippen LogP contribution in [-0.4, -0.2) is 28.7 Å². The van der Waals surface area contributed by atoms with E-state index in [1.165, 1.54) is 55.7 Å². The van der Waals surface area contributed by atoms with Crippen LogP contribution in [-0.2, 0) is 11.2 Å². The minimum absolute atomic E-state index is 0.000594. The zero-order valence-corrected chi connectivity index (χ0v) is 21.3. The molecule has 0 amide bonds. The molecule has 4 fully saturated rings. The van der Waals surface area contributed by atoms with Crippen LogP contribution in [0.15, 0.2) is 29.3 Å². The van der Waals surface area contributed by atoms with Gasteiger partial charge in [-0.2, -0.15) is 11.8 Å². The number of hydrogen-bond donors (Lipinski definition) is 2. The lowest BCUT2D eigenvalue weighted by Crippen LogP contribution is -2.48. The second-order valence-electron chi connectivity index (χ2n) is 10.4. The molecule has 0 unspecified atom stereocenters. The molecule has 6 rings (SSSR count). The summed E-state index contributed by atoms with van der Waals surface area (Å²) in [6, 6.07) is 7.57. The lowest BCUT2D eigenvalue weighted by molar-refractivity contribution is -0.00620. The van der Waals surface area contributed by atoms with E-state index in [0.29, 0.717) is 22.9 Å². The molecule has 3 nitrogen and oxygen atoms in total. The molecule has 6 heteroatoms. The molecule has 2 N–H and O–H groups in total. The fourth-order valence-electron chi connectivity index (χ4n) is 6.96. The molecular weight excluding hydrogens is 473 g/mol. The molecule has 0 heterocycles. The number of phenolic OH excluding ortho intramolecular Hbond substituents is 2. The van der Waals surface area contributed by atoms with E-state index in [1.54, 1.807) is 24.0 Å². The molecule has 2 aromatic rings. The van der Waals surface area contributed by atoms with E-state index in [-0.39, 0.29) is 16.2 Å². The minimum Gasteiger partial charge on any atom is -0.507 e. The number of benzene rings is 2. The van der Waals surface area contributed by atoms with Gasteiger partial charge in [0.2, 0.25) is 0 Å². The van der Waals surface area contributed by atoms with Crippen LogP contribution in [0.4, 0.5) is 0 Å². The van der Waals surface area contributed by atoms with Gasteiger partial charge in [-0.25, -0.2) is 0 Å². The number of thioether (sulfide) groups is 1. The van der Waals surface area contributed by atoms with Crippen molar-refractivity contribution in [2.75, 3.05) is 12.3 Å². The van der Waals surface area contributed by atoms with Crippen LogP contribution >= 0.6 is 35.0 Å². The third kappa shape index (κ3) is 4.76. The summed E-state index contributed by atoms with van der Waals surface area (Å²) in [7, 11) is 0. The highest BCUT2D eigenvalue weighted by Gasteiger charge is 2.52. The molecule has 4 saturated carbocycles. The van der Waals surface area contributed by atoms with Gasteiger partial charge in [0, 0.05) is 46.0 Å². The van der Waals surface area contributed by atoms with Gasteiger partial charge in [0.15, 0.2) is 0 Å². The number of nitrogens with zero attached hydrogens (tertiary/aromatic N) is 1. The van der Waals surface area contributed by atoms with Crippen molar-refractivity contribution in [2.45, 2.75) is 56.6 Å². The van der Waals surface area contributed by atoms with E-state index < -0.39 is 0 Å². The summed E-state index contributed by atoms with van der Waals surface area (Å²) < 4.78 is 0. The van der Waals surface area contributed by atoms with Gasteiger partial charge in [-0.3, -0.25) is 4.99 Å². The normalized spacial score (nSPS) is 28.2. The SMILES string of the molecule is Cc1cc(CSCCN=Cc2cc(Cl)cc(Cl)c2O)c(O)c(C23CC4CC(CC(C4)C2)C3)c1. The van der Waals surface area contributed by atoms with Gasteiger partial charge in [0.05, 0.1) is 5.02 Å². The molecule has 0 atom stereocenters. The smallest absolute Gasteiger partial charge is 0.143 e. The Labute approximate surface area is 210 Å². The van der Waals surface area contributed by atoms with Crippen molar-refractivity contribution in [1.29, 1.82) is 0 Å². The number of rotatable bonds is 7. The largest absolute Gasteiger partial charge is 0.507 e. The Kier molecular flexibility index (Phi) is 6.63. The summed E-state index contributed by atoms with van der Waals surface area (Å²) in [5.41, 5.74) is 4.25. The molecule has 4 bridgehead atoms. The zero-order chi connectivity index (χ0) is 23.2. The first-order chi connectivity index (χ1) is 15.8. The maximum absolute atomic E-state index is 11.3. The Hall–Kier alpha value is -1.36. The van der Waals surface area contributed by atoms with Crippen molar-refractivity contribution in [3.05, 3.63) is 56.6 Å². The first kappa shape index (κ1) is 23.4. The predicted molar refractivity (Wildman–Crippen MR) is 139 cm³/mol. The van der Waals surface area contributed by atoms with Crippen LogP contribution in [0.1, 0.15) is 60.8 Å². The average molecular weight is 505 g/mol. The van der Waals surface area contributed by atoms with E-state index in [9.17, 15) is 10.2 Å². The molecule has 4 aliphatic rings. The van der Waals surface area contributed by atoms with Gasteiger partial charge in [0.25, 0.3) is 0 Å². The third-order valence-electron chi connectivity index (χ3n) is 7.85. The Bertz CT molecular complexity index is 1050. The Morgan fingerprint density at radius 3 is 2.33 bits per heavy atom. The number of aliphatic imine (C=N–C) groups is 1. The number of aromatic hydroxyl groups is 2. The predicted octanol–water partition coefficient (Wildman–Crippen LogP) is 7.53. The Morgan fingerprint density at radius 2 is 1.67 bits per heavy atom. The van der Waals surface area contributed by atoms with Crippen LogP contribution < -0.4 is 0 Å². The van der Waals surface area contributed by atoms with Gasteiger partial charge in [-0.1, -0.05) is 40.9 Å². The highest BCUT2D eigenvalue weighted by atomic mass is 35.5. The summed E-state index contributed by atoms with van der Waals surface area (Å²) in [5.74, 6) is 4.72. The van der Waals surface area contributed by atoms with Crippen LogP contribution in [0, 0.1) is 24.7 Å². The Balaban J connectivity index is 1.23. The number of hydrogen-bond acceptors (Lipinski definition) is 4. The van der Waals surface area contributed by atoms with E-state index >= 15 is 0 Å². The van der Waals surface area contributed by atoms with Gasteiger partial charge >= 0.3 is 0 Å². The molecule has 176 valence electrons. The van der Waals surface area contributed by atoms with Crippen LogP contribution in [0.2, 0.25) is 10.0 Å². The summed E-state index contributed by atoms with van der Waals surface area (Å²) in [6.07, 6.45) is 9.63. The lowest BCUT2D eigenvalue weighted by Gasteiger charge is -2.57. The zero-order valence-electron chi connectivity index (χ0n) is 19.0. The van der Waals surface area contributed by atoms with Crippen molar-refractivity contribution >= 4 is 41.2 Å². The molecule has 4 aliphatic carbocycles. The molecule has 0 radical (unpaired) electrons. The van der Waals surface area contributed by atoms with Gasteiger partial charge in [-0.15, -0.1) is 0 Å². The van der Waals surface area contributed by atoms with Gasteiger partial charge in [-0.05, 0) is 80.8 Å². The van der Waals surface area contributed by atoms with Crippen LogP contribution in [0.3, 0.4) is 0 Å². The summed E-state index contributed by atoms with van der Waals surface area (Å²) in [5, 5.41) is 22.0. The fraction of sp³-hybridized carbons (Fsp3) is 0.519. The maximum atomic E-state index is 11.3. The lowest BCUT2D eigenvalue weighted by atomic mass is 9.48. The highest BCUT2D eigenvalue weighted by Crippen LogP contribution is 2.62. The second kappa shape index (κ2) is 9.36. The second-order valence-corrected chi connectivity index (χ2v) is 12.4. The molecule has 0 saturated heterocycles. The molecule has 2 aromatic carbocycles. The standard InChI is InChI=1S/C27H31Cl2NO2S/c1-16-4-21(15-33-3-2-30-14-20-9-22(28)10-24(29)26(20)32)25(31)23(5-16)27-11-17-6-18(12-27)8-19(7-17)13-27/h4-5,9-10,14,17-19,31-32H,2-3,6-8,11-13,15H2,1H3. The quantitative estimate of drug-likeness (QED) is 0.303. The number of phenols is 2. The average Bonchev–Trinajstić information content (AvgIpc) is 2.74. The summed E-state index contributed by atoms with van der Waals surface area (Å²) in [6.45, 7) is 2.77. The van der Waals surface area contributed by atoms with Gasteiger partial charge in [0.1, 0.15) is 11.5 Å². The molecular formula is C27H31Cl2NO2S. The maximum Gasteiger partial charge on any atom is 0.143 e. The van der Waals surface area contributed by atoms with Crippen LogP contribution in [0.5, 0.6) is 11.5 Å². The number of aryl methyl sites for hydroxylation is 1. The van der Waals surface area contributed by atoms with E-state index in [0.717, 1.165) is 34.8 Å². The Morgan fingerprint density at radius 1 is 1.00 bits per heavy atom. The van der Waals surface area contributed by atoms with Crippen molar-refractivity contribution in [2.24, 2.45) is 22.7 Å². The summed E-state index contributed by atoms with van der Waals surface area (Å²) in [4.78, 5) is 4.41. The first-order valence-electron chi connectivity index (χ1n) is 11.9. The van der Waals surface area contributed by atoms with Crippen molar-refractivity contribution in [1.82, 2.24) is 0 Å². The highest BCUT2D eigenvalue weighted by molar-refractivity contribution is 7.98. The summed E-state index contributed by atoms with van der Waals surface area (Å²) >= 11 is 13.7. The molecule has 0 spiro atoms. The van der Waals surface area contributed by atoms with E-state index in [2.05, 4.69) is 24.0 Å².